The quantitative estimate of drug-likeness (QED) is 0.724. The van der Waals surface area contributed by atoms with E-state index >= 15 is 0 Å². The van der Waals surface area contributed by atoms with E-state index in [0.29, 0.717) is 22.9 Å². The predicted octanol–water partition coefficient (Wildman–Crippen LogP) is 3.56. The lowest BCUT2D eigenvalue weighted by Crippen LogP contribution is -2.25. The Morgan fingerprint density at radius 1 is 1.35 bits per heavy atom. The van der Waals surface area contributed by atoms with E-state index in [4.69, 9.17) is 11.6 Å². The standard InChI is InChI=1S/C17H16ClIN2O2/c18-13-3-1-2-11(9-4-5-9)15(13)17(23)21-14-8-10(22)6-7-12(14)16(19)20-21/h1-3,9-10,22H,4-8H2/t10-/m1/s1. The van der Waals surface area contributed by atoms with E-state index in [0.717, 1.165) is 46.2 Å². The number of carbonyl (C=O) groups is 1. The van der Waals surface area contributed by atoms with Gasteiger partial charge in [0, 0.05) is 12.0 Å². The van der Waals surface area contributed by atoms with Gasteiger partial charge in [-0.15, -0.1) is 0 Å². The van der Waals surface area contributed by atoms with Crippen molar-refractivity contribution in [3.63, 3.8) is 0 Å². The molecule has 0 unspecified atom stereocenters. The summed E-state index contributed by atoms with van der Waals surface area (Å²) in [5, 5.41) is 14.9. The molecule has 120 valence electrons. The predicted molar refractivity (Wildman–Crippen MR) is 96.1 cm³/mol. The van der Waals surface area contributed by atoms with Gasteiger partial charge in [0.2, 0.25) is 0 Å². The first-order chi connectivity index (χ1) is 11.1. The van der Waals surface area contributed by atoms with E-state index in [2.05, 4.69) is 27.7 Å². The molecule has 1 N–H and O–H groups in total. The Morgan fingerprint density at radius 2 is 2.13 bits per heavy atom. The van der Waals surface area contributed by atoms with Gasteiger partial charge in [0.05, 0.1) is 22.4 Å². The van der Waals surface area contributed by atoms with E-state index in [1.807, 2.05) is 12.1 Å². The highest BCUT2D eigenvalue weighted by Gasteiger charge is 2.32. The van der Waals surface area contributed by atoms with Gasteiger partial charge >= 0.3 is 0 Å². The van der Waals surface area contributed by atoms with E-state index in [1.54, 1.807) is 6.07 Å². The molecule has 4 rings (SSSR count). The minimum absolute atomic E-state index is 0.175. The minimum atomic E-state index is -0.407. The molecule has 0 radical (unpaired) electrons. The summed E-state index contributed by atoms with van der Waals surface area (Å²) in [6.45, 7) is 0. The number of aromatic nitrogens is 2. The van der Waals surface area contributed by atoms with E-state index < -0.39 is 6.10 Å². The molecule has 1 atom stereocenters. The summed E-state index contributed by atoms with van der Waals surface area (Å²) in [5.74, 6) is 0.259. The van der Waals surface area contributed by atoms with Gasteiger partial charge in [0.15, 0.2) is 0 Å². The number of hydrogen-bond donors (Lipinski definition) is 1. The summed E-state index contributed by atoms with van der Waals surface area (Å²) >= 11 is 8.52. The van der Waals surface area contributed by atoms with Crippen LogP contribution in [0.4, 0.5) is 0 Å². The van der Waals surface area contributed by atoms with Gasteiger partial charge in [-0.3, -0.25) is 4.79 Å². The Balaban J connectivity index is 1.82. The van der Waals surface area contributed by atoms with Crippen LogP contribution in [0, 0.1) is 3.70 Å². The normalized spacial score (nSPS) is 20.4. The molecule has 0 saturated heterocycles. The largest absolute Gasteiger partial charge is 0.393 e. The zero-order valence-electron chi connectivity index (χ0n) is 12.4. The van der Waals surface area contributed by atoms with Crippen LogP contribution in [0.3, 0.4) is 0 Å². The average Bonchev–Trinajstić information content (AvgIpc) is 3.31. The van der Waals surface area contributed by atoms with Crippen LogP contribution in [-0.4, -0.2) is 26.9 Å². The van der Waals surface area contributed by atoms with Crippen LogP contribution in [0.1, 0.15) is 52.4 Å². The maximum absolute atomic E-state index is 13.1. The molecule has 6 heteroatoms. The fraction of sp³-hybridized carbons (Fsp3) is 0.412. The third-order valence-electron chi connectivity index (χ3n) is 4.67. The molecule has 1 aromatic carbocycles. The molecule has 2 aliphatic rings. The molecule has 1 fully saturated rings. The Morgan fingerprint density at radius 3 is 2.87 bits per heavy atom. The fourth-order valence-corrected chi connectivity index (χ4v) is 4.38. The Labute approximate surface area is 153 Å². The first-order valence-corrected chi connectivity index (χ1v) is 9.29. The second-order valence-corrected chi connectivity index (χ2v) is 7.74. The Bertz CT molecular complexity index is 798. The van der Waals surface area contributed by atoms with Gasteiger partial charge < -0.3 is 5.11 Å². The first kappa shape index (κ1) is 15.6. The number of benzene rings is 1. The number of nitrogens with zero attached hydrogens (tertiary/aromatic N) is 2. The summed E-state index contributed by atoms with van der Waals surface area (Å²) in [7, 11) is 0. The molecular weight excluding hydrogens is 427 g/mol. The summed E-state index contributed by atoms with van der Waals surface area (Å²) in [6, 6.07) is 5.65. The molecule has 2 aromatic rings. The lowest BCUT2D eigenvalue weighted by molar-refractivity contribution is 0.0933. The second-order valence-electron chi connectivity index (χ2n) is 6.31. The van der Waals surface area contributed by atoms with Gasteiger partial charge in [-0.2, -0.15) is 9.78 Å². The number of fused-ring (bicyclic) bond motifs is 1. The SMILES string of the molecule is O=C(c1c(Cl)cccc1C1CC1)n1nc(I)c2c1C[C@H](O)CC2. The average molecular weight is 443 g/mol. The number of aliphatic hydroxyl groups excluding tert-OH is 1. The maximum Gasteiger partial charge on any atom is 0.280 e. The number of rotatable bonds is 2. The highest BCUT2D eigenvalue weighted by molar-refractivity contribution is 14.1. The Kier molecular flexibility index (Phi) is 3.98. The van der Waals surface area contributed by atoms with Crippen LogP contribution in [0.5, 0.6) is 0 Å². The van der Waals surface area contributed by atoms with Gasteiger partial charge in [-0.05, 0) is 65.8 Å². The number of aliphatic hydroxyl groups is 1. The molecule has 0 amide bonds. The van der Waals surface area contributed by atoms with Crippen LogP contribution >= 0.6 is 34.2 Å². The summed E-state index contributed by atoms with van der Waals surface area (Å²) in [5.41, 5.74) is 3.51. The summed E-state index contributed by atoms with van der Waals surface area (Å²) in [6.07, 6.45) is 3.76. The van der Waals surface area contributed by atoms with Gasteiger partial charge in [-0.25, -0.2) is 0 Å². The third kappa shape index (κ3) is 2.72. The van der Waals surface area contributed by atoms with Crippen LogP contribution in [0.15, 0.2) is 18.2 Å². The van der Waals surface area contributed by atoms with Crippen molar-refractivity contribution in [1.82, 2.24) is 9.78 Å². The summed E-state index contributed by atoms with van der Waals surface area (Å²) < 4.78 is 2.31. The van der Waals surface area contributed by atoms with Crippen molar-refractivity contribution < 1.29 is 9.90 Å². The molecule has 0 aliphatic heterocycles. The smallest absolute Gasteiger partial charge is 0.280 e. The number of hydrogen-bond acceptors (Lipinski definition) is 3. The van der Waals surface area contributed by atoms with Crippen molar-refractivity contribution in [3.8, 4) is 0 Å². The van der Waals surface area contributed by atoms with Crippen LogP contribution in [-0.2, 0) is 12.8 Å². The molecule has 23 heavy (non-hydrogen) atoms. The van der Waals surface area contributed by atoms with Crippen molar-refractivity contribution in [1.29, 1.82) is 0 Å². The zero-order valence-corrected chi connectivity index (χ0v) is 15.3. The van der Waals surface area contributed by atoms with Gasteiger partial charge in [0.25, 0.3) is 5.91 Å². The summed E-state index contributed by atoms with van der Waals surface area (Å²) in [4.78, 5) is 13.1. The monoisotopic (exact) mass is 442 g/mol. The molecular formula is C17H16ClIN2O2. The molecule has 0 spiro atoms. The second kappa shape index (κ2) is 5.86. The van der Waals surface area contributed by atoms with E-state index in [9.17, 15) is 9.90 Å². The zero-order chi connectivity index (χ0) is 16.1. The van der Waals surface area contributed by atoms with Crippen molar-refractivity contribution >= 4 is 40.1 Å². The fourth-order valence-electron chi connectivity index (χ4n) is 3.32. The molecule has 1 heterocycles. The molecule has 1 aromatic heterocycles. The topological polar surface area (TPSA) is 55.1 Å². The van der Waals surface area contributed by atoms with Crippen molar-refractivity contribution in [2.75, 3.05) is 0 Å². The van der Waals surface area contributed by atoms with Crippen molar-refractivity contribution in [2.24, 2.45) is 0 Å². The van der Waals surface area contributed by atoms with Gasteiger partial charge in [-0.1, -0.05) is 23.7 Å². The third-order valence-corrected chi connectivity index (χ3v) is 5.85. The van der Waals surface area contributed by atoms with E-state index in [-0.39, 0.29) is 5.91 Å². The number of carbonyl (C=O) groups excluding carboxylic acids is 1. The lowest BCUT2D eigenvalue weighted by atomic mass is 9.95. The minimum Gasteiger partial charge on any atom is -0.393 e. The van der Waals surface area contributed by atoms with Crippen LogP contribution in [0.2, 0.25) is 5.02 Å². The number of halogens is 2. The van der Waals surface area contributed by atoms with Crippen molar-refractivity contribution in [3.05, 3.63) is 49.3 Å². The van der Waals surface area contributed by atoms with E-state index in [1.165, 1.54) is 4.68 Å². The molecule has 2 aliphatic carbocycles. The molecule has 4 nitrogen and oxygen atoms in total. The Hall–Kier alpha value is -0.920. The first-order valence-electron chi connectivity index (χ1n) is 7.83. The van der Waals surface area contributed by atoms with Crippen molar-refractivity contribution in [2.45, 2.75) is 44.1 Å². The van der Waals surface area contributed by atoms with Gasteiger partial charge in [0.1, 0.15) is 3.70 Å². The molecule has 1 saturated carbocycles. The molecule has 0 bridgehead atoms. The van der Waals surface area contributed by atoms with Crippen LogP contribution in [0.25, 0.3) is 0 Å². The van der Waals surface area contributed by atoms with Crippen LogP contribution < -0.4 is 0 Å². The lowest BCUT2D eigenvalue weighted by Gasteiger charge is -2.19. The highest BCUT2D eigenvalue weighted by Crippen LogP contribution is 2.43. The maximum atomic E-state index is 13.1. The highest BCUT2D eigenvalue weighted by atomic mass is 127.